The molecule has 4 fully saturated rings. The Hall–Kier alpha value is -0.590. The summed E-state index contributed by atoms with van der Waals surface area (Å²) in [5, 5.41) is 0. The van der Waals surface area contributed by atoms with Crippen LogP contribution in [0.25, 0.3) is 0 Å². The van der Waals surface area contributed by atoms with Crippen LogP contribution >= 0.6 is 0 Å². The maximum Gasteiger partial charge on any atom is 0.0434 e. The van der Waals surface area contributed by atoms with Gasteiger partial charge in [-0.15, -0.1) is 0 Å². The smallest absolute Gasteiger partial charge is 0.0434 e. The molecule has 1 heterocycles. The lowest BCUT2D eigenvalue weighted by atomic mass is 9.54. The number of nitrogens with zero attached hydrogens (tertiary/aromatic N) is 1. The van der Waals surface area contributed by atoms with Crippen LogP contribution in [0.1, 0.15) is 167 Å². The van der Waals surface area contributed by atoms with Crippen LogP contribution in [0, 0.1) is 41.4 Å². The Kier molecular flexibility index (Phi) is 9.48. The molecule has 1 nitrogen and oxygen atoms in total. The minimum Gasteiger partial charge on any atom is -0.262 e. The van der Waals surface area contributed by atoms with Crippen molar-refractivity contribution in [3.63, 3.8) is 0 Å². The molecule has 208 valence electrons. The van der Waals surface area contributed by atoms with E-state index in [4.69, 9.17) is 4.99 Å². The lowest BCUT2D eigenvalue weighted by Crippen LogP contribution is -2.45. The van der Waals surface area contributed by atoms with Crippen molar-refractivity contribution in [1.82, 2.24) is 0 Å². The Bertz CT molecular complexity index is 790. The number of allylic oxidation sites excluding steroid dienone is 2. The monoisotopic (exact) mass is 505 g/mol. The first-order chi connectivity index (χ1) is 18.4. The summed E-state index contributed by atoms with van der Waals surface area (Å²) in [7, 11) is 0. The summed E-state index contributed by atoms with van der Waals surface area (Å²) < 4.78 is 0. The Balaban J connectivity index is 1.46. The van der Waals surface area contributed by atoms with Gasteiger partial charge < -0.3 is 0 Å². The lowest BCUT2D eigenvalue weighted by Gasteiger charge is -2.52. The van der Waals surface area contributed by atoms with Gasteiger partial charge in [-0.2, -0.15) is 0 Å². The molecule has 6 rings (SSSR count). The predicted octanol–water partition coefficient (Wildman–Crippen LogP) is 11.2. The maximum atomic E-state index is 6.01. The van der Waals surface area contributed by atoms with Crippen molar-refractivity contribution in [2.75, 3.05) is 0 Å². The van der Waals surface area contributed by atoms with Crippen LogP contribution in [0.4, 0.5) is 0 Å². The van der Waals surface area contributed by atoms with E-state index in [2.05, 4.69) is 0 Å². The van der Waals surface area contributed by atoms with Crippen molar-refractivity contribution in [2.24, 2.45) is 46.4 Å². The highest BCUT2D eigenvalue weighted by Gasteiger charge is 2.50. The molecule has 0 radical (unpaired) electrons. The molecule has 7 unspecified atom stereocenters. The molecule has 0 amide bonds. The lowest BCUT2D eigenvalue weighted by molar-refractivity contribution is 0.109. The maximum absolute atomic E-state index is 6.01. The summed E-state index contributed by atoms with van der Waals surface area (Å²) in [6.07, 6.45) is 38.6. The third kappa shape index (κ3) is 5.96. The normalized spacial score (nSPS) is 40.6. The minimum absolute atomic E-state index is 0.808. The number of rotatable bonds is 0. The van der Waals surface area contributed by atoms with E-state index in [9.17, 15) is 0 Å². The quantitative estimate of drug-likeness (QED) is 0.310. The molecule has 6 aliphatic rings. The van der Waals surface area contributed by atoms with Crippen molar-refractivity contribution in [3.05, 3.63) is 11.3 Å². The van der Waals surface area contributed by atoms with E-state index < -0.39 is 0 Å². The Morgan fingerprint density at radius 2 is 0.865 bits per heavy atom. The first-order valence-electron chi connectivity index (χ1n) is 17.7. The zero-order chi connectivity index (χ0) is 24.9. The second-order valence-electron chi connectivity index (χ2n) is 14.5. The highest BCUT2D eigenvalue weighted by atomic mass is 14.8. The summed E-state index contributed by atoms with van der Waals surface area (Å²) in [5.41, 5.74) is 5.50. The van der Waals surface area contributed by atoms with Gasteiger partial charge in [0.2, 0.25) is 0 Å². The molecule has 0 aromatic heterocycles. The number of hydrogen-bond donors (Lipinski definition) is 0. The summed E-state index contributed by atoms with van der Waals surface area (Å²) in [6.45, 7) is 0. The SMILES string of the molecule is C1CCCC2=NC3=C(C4CCCCCCCC4C4CCCCCCCC34)C3CCCCCC(CCC1)C23. The number of hydrogen-bond acceptors (Lipinski definition) is 1. The van der Waals surface area contributed by atoms with Gasteiger partial charge in [0, 0.05) is 23.2 Å². The fourth-order valence-electron chi connectivity index (χ4n) is 10.7. The average molecular weight is 506 g/mol. The third-order valence-corrected chi connectivity index (χ3v) is 12.3. The topological polar surface area (TPSA) is 12.4 Å². The molecule has 0 saturated heterocycles. The predicted molar refractivity (Wildman–Crippen MR) is 159 cm³/mol. The van der Waals surface area contributed by atoms with E-state index in [1.165, 1.54) is 161 Å². The van der Waals surface area contributed by atoms with Gasteiger partial charge in [0.05, 0.1) is 0 Å². The average Bonchev–Trinajstić information content (AvgIpc) is 3.10. The molecule has 37 heavy (non-hydrogen) atoms. The van der Waals surface area contributed by atoms with Gasteiger partial charge in [-0.05, 0) is 93.0 Å². The van der Waals surface area contributed by atoms with Gasteiger partial charge in [-0.1, -0.05) is 109 Å². The van der Waals surface area contributed by atoms with Crippen LogP contribution in [0.3, 0.4) is 0 Å². The fourth-order valence-corrected chi connectivity index (χ4v) is 10.7. The fraction of sp³-hybridized carbons (Fsp3) is 0.917. The second kappa shape index (κ2) is 13.2. The van der Waals surface area contributed by atoms with E-state index in [-0.39, 0.29) is 0 Å². The van der Waals surface area contributed by atoms with Gasteiger partial charge >= 0.3 is 0 Å². The van der Waals surface area contributed by atoms with Crippen LogP contribution in [-0.4, -0.2) is 5.71 Å². The molecule has 0 aromatic carbocycles. The largest absolute Gasteiger partial charge is 0.262 e. The van der Waals surface area contributed by atoms with Crippen LogP contribution in [-0.2, 0) is 0 Å². The molecule has 1 aliphatic heterocycles. The molecule has 0 N–H and O–H groups in total. The number of fused-ring (bicyclic) bond motifs is 6. The summed E-state index contributed by atoms with van der Waals surface area (Å²) in [4.78, 5) is 6.01. The highest BCUT2D eigenvalue weighted by Crippen LogP contribution is 2.58. The summed E-state index contributed by atoms with van der Waals surface area (Å²) in [5.74, 6) is 6.25. The standard InChI is InChI=1S/C36H59N/c1-4-11-19-27-20-12-10-17-25-32-34(27)33(26-18-9-1)37-36-31-24-16-8-3-6-14-22-29(31)28-21-13-5-2-7-15-23-30(28)35(32)36/h27-32,34H,1-26H2. The van der Waals surface area contributed by atoms with Crippen molar-refractivity contribution >= 4 is 5.71 Å². The van der Waals surface area contributed by atoms with Gasteiger partial charge in [0.15, 0.2) is 0 Å². The van der Waals surface area contributed by atoms with Crippen LogP contribution in [0.15, 0.2) is 16.3 Å². The van der Waals surface area contributed by atoms with E-state index >= 15 is 0 Å². The van der Waals surface area contributed by atoms with Crippen molar-refractivity contribution in [3.8, 4) is 0 Å². The van der Waals surface area contributed by atoms with E-state index in [1.54, 1.807) is 17.8 Å². The molecule has 5 aliphatic carbocycles. The van der Waals surface area contributed by atoms with E-state index in [0.717, 1.165) is 41.4 Å². The molecule has 0 spiro atoms. The van der Waals surface area contributed by atoms with E-state index in [1.807, 2.05) is 5.57 Å². The second-order valence-corrected chi connectivity index (χ2v) is 14.5. The third-order valence-electron chi connectivity index (χ3n) is 12.3. The van der Waals surface area contributed by atoms with Gasteiger partial charge in [-0.3, -0.25) is 4.99 Å². The zero-order valence-electron chi connectivity index (χ0n) is 24.4. The molecular formula is C36H59N. The van der Waals surface area contributed by atoms with Crippen molar-refractivity contribution in [2.45, 2.75) is 167 Å². The first-order valence-corrected chi connectivity index (χ1v) is 17.7. The van der Waals surface area contributed by atoms with Gasteiger partial charge in [0.1, 0.15) is 0 Å². The Morgan fingerprint density at radius 3 is 1.54 bits per heavy atom. The highest BCUT2D eigenvalue weighted by molar-refractivity contribution is 5.90. The molecule has 4 saturated carbocycles. The Labute approximate surface area is 230 Å². The minimum atomic E-state index is 0.808. The van der Waals surface area contributed by atoms with Crippen molar-refractivity contribution < 1.29 is 0 Å². The van der Waals surface area contributed by atoms with Crippen LogP contribution in [0.5, 0.6) is 0 Å². The first kappa shape index (κ1) is 26.6. The van der Waals surface area contributed by atoms with Crippen LogP contribution in [0.2, 0.25) is 0 Å². The summed E-state index contributed by atoms with van der Waals surface area (Å²) >= 11 is 0. The van der Waals surface area contributed by atoms with E-state index in [0.29, 0.717) is 0 Å². The van der Waals surface area contributed by atoms with Crippen molar-refractivity contribution in [1.29, 1.82) is 0 Å². The zero-order valence-corrected chi connectivity index (χ0v) is 24.4. The number of aliphatic imine (C=N–C) groups is 1. The van der Waals surface area contributed by atoms with Crippen LogP contribution < -0.4 is 0 Å². The molecule has 7 atom stereocenters. The van der Waals surface area contributed by atoms with Gasteiger partial charge in [0.25, 0.3) is 0 Å². The summed E-state index contributed by atoms with van der Waals surface area (Å²) in [6, 6.07) is 0. The molecule has 0 bridgehead atoms. The molecule has 1 heteroatoms. The van der Waals surface area contributed by atoms with Gasteiger partial charge in [-0.25, -0.2) is 0 Å². The molecular weight excluding hydrogens is 446 g/mol. The molecule has 0 aromatic rings. The Morgan fingerprint density at radius 1 is 0.405 bits per heavy atom.